The van der Waals surface area contributed by atoms with Gasteiger partial charge in [-0.1, -0.05) is 5.16 Å². The van der Waals surface area contributed by atoms with E-state index in [-0.39, 0.29) is 18.1 Å². The largest absolute Gasteiger partial charge is 0.377 e. The Labute approximate surface area is 128 Å². The molecule has 3 rings (SSSR count). The van der Waals surface area contributed by atoms with E-state index in [4.69, 9.17) is 15.0 Å². The van der Waals surface area contributed by atoms with Crippen LogP contribution < -0.4 is 5.73 Å². The van der Waals surface area contributed by atoms with Crippen LogP contribution in [0.5, 0.6) is 0 Å². The minimum absolute atomic E-state index is 0.147. The number of ether oxygens (including phenoxy) is 1. The zero-order valence-electron chi connectivity index (χ0n) is 12.4. The van der Waals surface area contributed by atoms with Crippen LogP contribution in [0.15, 0.2) is 16.0 Å². The molecule has 2 heterocycles. The zero-order chi connectivity index (χ0) is 14.8. The molecule has 21 heavy (non-hydrogen) atoms. The van der Waals surface area contributed by atoms with Gasteiger partial charge in [-0.2, -0.15) is 4.98 Å². The van der Waals surface area contributed by atoms with Crippen molar-refractivity contribution in [3.05, 3.63) is 33.6 Å². The first-order valence-electron chi connectivity index (χ1n) is 7.42. The van der Waals surface area contributed by atoms with E-state index in [0.717, 1.165) is 12.8 Å². The Morgan fingerprint density at radius 3 is 3.19 bits per heavy atom. The van der Waals surface area contributed by atoms with Gasteiger partial charge in [-0.05, 0) is 50.1 Å². The number of fused-ring (bicyclic) bond motifs is 1. The molecule has 2 aromatic heterocycles. The fourth-order valence-corrected chi connectivity index (χ4v) is 3.64. The molecule has 0 saturated heterocycles. The van der Waals surface area contributed by atoms with Crippen LogP contribution in [0.1, 0.15) is 60.8 Å². The second-order valence-corrected chi connectivity index (χ2v) is 6.72. The number of nitrogens with zero attached hydrogens (tertiary/aromatic N) is 2. The third-order valence-electron chi connectivity index (χ3n) is 3.75. The third-order valence-corrected chi connectivity index (χ3v) is 4.74. The minimum Gasteiger partial charge on any atom is -0.377 e. The summed E-state index contributed by atoms with van der Waals surface area (Å²) < 4.78 is 11.0. The number of aromatic nitrogens is 2. The summed E-state index contributed by atoms with van der Waals surface area (Å²) >= 11 is 1.81. The van der Waals surface area contributed by atoms with Gasteiger partial charge in [0.05, 0.1) is 24.7 Å². The third kappa shape index (κ3) is 3.17. The summed E-state index contributed by atoms with van der Waals surface area (Å²) in [5.41, 5.74) is 7.39. The van der Waals surface area contributed by atoms with Crippen LogP contribution in [0.3, 0.4) is 0 Å². The summed E-state index contributed by atoms with van der Waals surface area (Å²) in [6.45, 7) is 4.37. The summed E-state index contributed by atoms with van der Waals surface area (Å²) in [7, 11) is 0. The van der Waals surface area contributed by atoms with E-state index in [1.165, 1.54) is 16.9 Å². The lowest BCUT2D eigenvalue weighted by Gasteiger charge is -2.18. The van der Waals surface area contributed by atoms with E-state index >= 15 is 0 Å². The van der Waals surface area contributed by atoms with Gasteiger partial charge in [0.15, 0.2) is 5.82 Å². The number of hydrogen-bond donors (Lipinski definition) is 1. The molecule has 0 aliphatic heterocycles. The predicted molar refractivity (Wildman–Crippen MR) is 81.4 cm³/mol. The van der Waals surface area contributed by atoms with Crippen LogP contribution >= 0.6 is 11.3 Å². The van der Waals surface area contributed by atoms with Gasteiger partial charge < -0.3 is 15.0 Å². The highest BCUT2D eigenvalue weighted by molar-refractivity contribution is 7.10. The van der Waals surface area contributed by atoms with Crippen LogP contribution in [0.4, 0.5) is 0 Å². The lowest BCUT2D eigenvalue weighted by Crippen LogP contribution is -2.21. The number of thiophene rings is 1. The van der Waals surface area contributed by atoms with Crippen molar-refractivity contribution in [2.45, 2.75) is 51.2 Å². The average Bonchev–Trinajstić information content (AvgIpc) is 3.12. The summed E-state index contributed by atoms with van der Waals surface area (Å²) in [5, 5.41) is 6.18. The Hall–Kier alpha value is -1.24. The van der Waals surface area contributed by atoms with Crippen LogP contribution in [0.2, 0.25) is 0 Å². The lowest BCUT2D eigenvalue weighted by molar-refractivity contribution is 0.0665. The molecule has 114 valence electrons. The SMILES string of the molecule is CC(C)OCC(N)c1noc(C2CCCc3sccc32)n1. The highest BCUT2D eigenvalue weighted by Gasteiger charge is 2.28. The molecule has 5 nitrogen and oxygen atoms in total. The van der Waals surface area contributed by atoms with Gasteiger partial charge in [0, 0.05) is 4.88 Å². The Kier molecular flexibility index (Phi) is 4.37. The normalized spacial score (nSPS) is 19.7. The molecule has 2 N–H and O–H groups in total. The smallest absolute Gasteiger partial charge is 0.234 e. The monoisotopic (exact) mass is 307 g/mol. The van der Waals surface area contributed by atoms with Gasteiger partial charge in [0.2, 0.25) is 5.89 Å². The van der Waals surface area contributed by atoms with Crippen molar-refractivity contribution < 1.29 is 9.26 Å². The molecule has 0 aromatic carbocycles. The predicted octanol–water partition coefficient (Wildman–Crippen LogP) is 3.02. The first-order valence-corrected chi connectivity index (χ1v) is 8.30. The Morgan fingerprint density at radius 1 is 1.52 bits per heavy atom. The summed E-state index contributed by atoms with van der Waals surface area (Å²) in [5.74, 6) is 1.44. The Balaban J connectivity index is 1.74. The second kappa shape index (κ2) is 6.25. The van der Waals surface area contributed by atoms with Crippen molar-refractivity contribution >= 4 is 11.3 Å². The van der Waals surface area contributed by atoms with E-state index < -0.39 is 0 Å². The molecule has 2 atom stereocenters. The molecular weight excluding hydrogens is 286 g/mol. The second-order valence-electron chi connectivity index (χ2n) is 5.72. The van der Waals surface area contributed by atoms with Crippen LogP contribution in [-0.2, 0) is 11.2 Å². The fourth-order valence-electron chi connectivity index (χ4n) is 2.65. The quantitative estimate of drug-likeness (QED) is 0.919. The number of nitrogens with two attached hydrogens (primary N) is 1. The maximum Gasteiger partial charge on any atom is 0.234 e. The molecule has 0 fully saturated rings. The van der Waals surface area contributed by atoms with E-state index in [0.29, 0.717) is 18.3 Å². The molecule has 0 spiro atoms. The van der Waals surface area contributed by atoms with Crippen LogP contribution in [-0.4, -0.2) is 22.9 Å². The minimum atomic E-state index is -0.338. The molecule has 2 unspecified atom stereocenters. The van der Waals surface area contributed by atoms with Gasteiger partial charge in [-0.3, -0.25) is 0 Å². The van der Waals surface area contributed by atoms with E-state index in [9.17, 15) is 0 Å². The molecule has 0 radical (unpaired) electrons. The summed E-state index contributed by atoms with van der Waals surface area (Å²) in [4.78, 5) is 5.96. The molecule has 2 aromatic rings. The zero-order valence-corrected chi connectivity index (χ0v) is 13.2. The lowest BCUT2D eigenvalue weighted by atomic mass is 9.88. The number of hydrogen-bond acceptors (Lipinski definition) is 6. The van der Waals surface area contributed by atoms with Crippen LogP contribution in [0.25, 0.3) is 0 Å². The maximum atomic E-state index is 6.05. The first kappa shape index (κ1) is 14.7. The average molecular weight is 307 g/mol. The molecule has 0 amide bonds. The van der Waals surface area contributed by atoms with Gasteiger partial charge >= 0.3 is 0 Å². The number of rotatable bonds is 5. The van der Waals surface area contributed by atoms with Gasteiger partial charge in [0.25, 0.3) is 0 Å². The summed E-state index contributed by atoms with van der Waals surface area (Å²) in [6.07, 6.45) is 3.53. The van der Waals surface area contributed by atoms with Crippen molar-refractivity contribution in [2.24, 2.45) is 5.73 Å². The molecular formula is C15H21N3O2S. The van der Waals surface area contributed by atoms with E-state index in [1.54, 1.807) is 0 Å². The van der Waals surface area contributed by atoms with E-state index in [2.05, 4.69) is 21.6 Å². The molecule has 1 aliphatic rings. The Morgan fingerprint density at radius 2 is 2.38 bits per heavy atom. The number of aryl methyl sites for hydroxylation is 1. The van der Waals surface area contributed by atoms with Gasteiger partial charge in [0.1, 0.15) is 0 Å². The molecule has 6 heteroatoms. The van der Waals surface area contributed by atoms with E-state index in [1.807, 2.05) is 25.2 Å². The molecule has 1 aliphatic carbocycles. The standard InChI is InChI=1S/C15H21N3O2S/c1-9(2)19-8-12(16)14-17-15(20-18-14)11-4-3-5-13-10(11)6-7-21-13/h6-7,9,11-12H,3-5,8,16H2,1-2H3. The Bertz CT molecular complexity index is 593. The van der Waals surface area contributed by atoms with Gasteiger partial charge in [-0.15, -0.1) is 11.3 Å². The topological polar surface area (TPSA) is 74.2 Å². The maximum absolute atomic E-state index is 6.05. The highest BCUT2D eigenvalue weighted by Crippen LogP contribution is 2.38. The van der Waals surface area contributed by atoms with Crippen molar-refractivity contribution in [1.82, 2.24) is 10.1 Å². The van der Waals surface area contributed by atoms with Crippen LogP contribution in [0, 0.1) is 0 Å². The first-order chi connectivity index (χ1) is 10.1. The summed E-state index contributed by atoms with van der Waals surface area (Å²) in [6, 6.07) is 1.84. The van der Waals surface area contributed by atoms with Crippen molar-refractivity contribution in [2.75, 3.05) is 6.61 Å². The molecule has 0 saturated carbocycles. The fraction of sp³-hybridized carbons (Fsp3) is 0.600. The highest BCUT2D eigenvalue weighted by atomic mass is 32.1. The van der Waals surface area contributed by atoms with Crippen molar-refractivity contribution in [3.8, 4) is 0 Å². The van der Waals surface area contributed by atoms with Crippen molar-refractivity contribution in [3.63, 3.8) is 0 Å². The van der Waals surface area contributed by atoms with Crippen molar-refractivity contribution in [1.29, 1.82) is 0 Å². The molecule has 0 bridgehead atoms. The van der Waals surface area contributed by atoms with Gasteiger partial charge in [-0.25, -0.2) is 0 Å².